The number of hydrogen-bond donors (Lipinski definition) is 1. The Labute approximate surface area is 205 Å². The van der Waals surface area contributed by atoms with Gasteiger partial charge in [0.25, 0.3) is 15.9 Å². The highest BCUT2D eigenvalue weighted by molar-refractivity contribution is 7.92. The highest BCUT2D eigenvalue weighted by Crippen LogP contribution is 2.37. The average Bonchev–Trinajstić information content (AvgIpc) is 2.87. The summed E-state index contributed by atoms with van der Waals surface area (Å²) in [7, 11) is 0.492. The summed E-state index contributed by atoms with van der Waals surface area (Å²) in [6.07, 6.45) is 1.39. The normalized spacial score (nSPS) is 11.2. The maximum Gasteiger partial charge on any atom is 0.264 e. The number of carbonyl (C=O) groups excluding carboxylic acids is 1. The number of anilines is 1. The molecule has 9 nitrogen and oxygen atoms in total. The number of amides is 1. The number of hydrazone groups is 1. The van der Waals surface area contributed by atoms with E-state index in [0.29, 0.717) is 28.5 Å². The highest BCUT2D eigenvalue weighted by Gasteiger charge is 2.27. The third kappa shape index (κ3) is 6.10. The summed E-state index contributed by atoms with van der Waals surface area (Å²) in [6, 6.07) is 18.1. The van der Waals surface area contributed by atoms with E-state index in [0.717, 1.165) is 9.87 Å². The van der Waals surface area contributed by atoms with E-state index in [1.807, 2.05) is 6.92 Å². The molecule has 0 spiro atoms. The van der Waals surface area contributed by atoms with Crippen molar-refractivity contribution in [3.8, 4) is 17.2 Å². The zero-order chi connectivity index (χ0) is 25.4. The summed E-state index contributed by atoms with van der Waals surface area (Å²) in [4.78, 5) is 12.8. The van der Waals surface area contributed by atoms with E-state index in [2.05, 4.69) is 10.5 Å². The predicted molar refractivity (Wildman–Crippen MR) is 134 cm³/mol. The number of benzene rings is 3. The summed E-state index contributed by atoms with van der Waals surface area (Å²) in [6.45, 7) is 1.43. The molecule has 0 bridgehead atoms. The molecule has 0 atom stereocenters. The van der Waals surface area contributed by atoms with Crippen molar-refractivity contribution < 1.29 is 27.4 Å². The van der Waals surface area contributed by atoms with Gasteiger partial charge in [0.1, 0.15) is 6.54 Å². The quantitative estimate of drug-likeness (QED) is 0.340. The molecular formula is C25H27N3O6S. The summed E-state index contributed by atoms with van der Waals surface area (Å²) in [5.74, 6) is 0.670. The SMILES string of the molecule is COc1cc(/C=N/NC(=O)CN(c2ccc(C)cc2)S(=O)(=O)c2ccccc2)cc(OC)c1OC. The molecule has 35 heavy (non-hydrogen) atoms. The van der Waals surface area contributed by atoms with Crippen LogP contribution in [0, 0.1) is 6.92 Å². The minimum atomic E-state index is -3.99. The maximum atomic E-state index is 13.3. The standard InChI is InChI=1S/C25H27N3O6S/c1-18-10-12-20(13-11-18)28(35(30,31)21-8-6-5-7-9-21)17-24(29)27-26-16-19-14-22(32-2)25(34-4)23(15-19)33-3/h5-16H,17H2,1-4H3,(H,27,29)/b26-16+. The Bertz CT molecular complexity index is 1270. The molecule has 1 N–H and O–H groups in total. The second-order valence-electron chi connectivity index (χ2n) is 7.41. The topological polar surface area (TPSA) is 107 Å². The van der Waals surface area contributed by atoms with Gasteiger partial charge < -0.3 is 14.2 Å². The number of rotatable bonds is 10. The molecule has 3 aromatic rings. The molecule has 0 aliphatic rings. The number of carbonyl (C=O) groups is 1. The van der Waals surface area contributed by atoms with Crippen LogP contribution in [0.5, 0.6) is 17.2 Å². The molecule has 3 rings (SSSR count). The van der Waals surface area contributed by atoms with E-state index in [4.69, 9.17) is 14.2 Å². The first-order valence-electron chi connectivity index (χ1n) is 10.6. The van der Waals surface area contributed by atoms with Gasteiger partial charge in [0.05, 0.1) is 38.1 Å². The van der Waals surface area contributed by atoms with Crippen molar-refractivity contribution in [2.24, 2.45) is 5.10 Å². The molecule has 0 aliphatic carbocycles. The summed E-state index contributed by atoms with van der Waals surface area (Å²) < 4.78 is 43.6. The van der Waals surface area contributed by atoms with Gasteiger partial charge in [-0.15, -0.1) is 0 Å². The van der Waals surface area contributed by atoms with E-state index < -0.39 is 22.5 Å². The third-order valence-corrected chi connectivity index (χ3v) is 6.82. The van der Waals surface area contributed by atoms with Crippen LogP contribution in [0.2, 0.25) is 0 Å². The Kier molecular flexibility index (Phi) is 8.32. The lowest BCUT2D eigenvalue weighted by atomic mass is 10.2. The lowest BCUT2D eigenvalue weighted by Gasteiger charge is -2.23. The molecule has 0 aromatic heterocycles. The maximum absolute atomic E-state index is 13.3. The fraction of sp³-hybridized carbons (Fsp3) is 0.200. The Morgan fingerprint density at radius 3 is 2.09 bits per heavy atom. The number of hydrogen-bond acceptors (Lipinski definition) is 7. The van der Waals surface area contributed by atoms with Gasteiger partial charge in [-0.05, 0) is 43.3 Å². The van der Waals surface area contributed by atoms with Crippen LogP contribution < -0.4 is 23.9 Å². The summed E-state index contributed by atoms with van der Waals surface area (Å²) >= 11 is 0. The molecule has 3 aromatic carbocycles. The van der Waals surface area contributed by atoms with E-state index >= 15 is 0 Å². The summed E-state index contributed by atoms with van der Waals surface area (Å²) in [5, 5.41) is 3.97. The molecule has 0 aliphatic heterocycles. The first-order valence-corrected chi connectivity index (χ1v) is 12.0. The largest absolute Gasteiger partial charge is 0.493 e. The van der Waals surface area contributed by atoms with Crippen molar-refractivity contribution in [1.82, 2.24) is 5.43 Å². The zero-order valence-electron chi connectivity index (χ0n) is 19.9. The smallest absolute Gasteiger partial charge is 0.264 e. The minimum Gasteiger partial charge on any atom is -0.493 e. The van der Waals surface area contributed by atoms with Gasteiger partial charge >= 0.3 is 0 Å². The van der Waals surface area contributed by atoms with Crippen LogP contribution in [-0.2, 0) is 14.8 Å². The molecule has 1 amide bonds. The van der Waals surface area contributed by atoms with Crippen LogP contribution in [0.4, 0.5) is 5.69 Å². The average molecular weight is 498 g/mol. The Morgan fingerprint density at radius 1 is 0.943 bits per heavy atom. The van der Waals surface area contributed by atoms with E-state index in [9.17, 15) is 13.2 Å². The second kappa shape index (κ2) is 11.4. The lowest BCUT2D eigenvalue weighted by molar-refractivity contribution is -0.119. The van der Waals surface area contributed by atoms with Gasteiger partial charge in [-0.25, -0.2) is 13.8 Å². The number of ether oxygens (including phenoxy) is 3. The number of aryl methyl sites for hydroxylation is 1. The molecule has 184 valence electrons. The van der Waals surface area contributed by atoms with E-state index in [1.165, 1.54) is 39.7 Å². The third-order valence-electron chi connectivity index (χ3n) is 5.03. The minimum absolute atomic E-state index is 0.0781. The fourth-order valence-corrected chi connectivity index (χ4v) is 4.71. The number of sulfonamides is 1. The Hall–Kier alpha value is -4.05. The van der Waals surface area contributed by atoms with Crippen LogP contribution in [0.3, 0.4) is 0 Å². The van der Waals surface area contributed by atoms with Crippen molar-refractivity contribution >= 4 is 27.8 Å². The van der Waals surface area contributed by atoms with Crippen molar-refractivity contribution in [2.45, 2.75) is 11.8 Å². The lowest BCUT2D eigenvalue weighted by Crippen LogP contribution is -2.39. The van der Waals surface area contributed by atoms with Gasteiger partial charge in [0.15, 0.2) is 11.5 Å². The predicted octanol–water partition coefficient (Wildman–Crippen LogP) is 3.37. The van der Waals surface area contributed by atoms with Crippen LogP contribution >= 0.6 is 0 Å². The van der Waals surface area contributed by atoms with Crippen molar-refractivity contribution in [2.75, 3.05) is 32.2 Å². The van der Waals surface area contributed by atoms with Crippen molar-refractivity contribution in [3.63, 3.8) is 0 Å². The molecule has 0 heterocycles. The molecule has 10 heteroatoms. The van der Waals surface area contributed by atoms with Gasteiger partial charge in [-0.3, -0.25) is 9.10 Å². The van der Waals surface area contributed by atoms with Crippen LogP contribution in [0.1, 0.15) is 11.1 Å². The van der Waals surface area contributed by atoms with Crippen LogP contribution in [-0.4, -0.2) is 48.4 Å². The van der Waals surface area contributed by atoms with E-state index in [1.54, 1.807) is 54.6 Å². The summed E-state index contributed by atoms with van der Waals surface area (Å²) in [5.41, 5.74) is 4.28. The van der Waals surface area contributed by atoms with Gasteiger partial charge in [0.2, 0.25) is 5.75 Å². The second-order valence-corrected chi connectivity index (χ2v) is 9.27. The molecule has 0 fully saturated rings. The molecule has 0 saturated carbocycles. The molecule has 0 saturated heterocycles. The van der Waals surface area contributed by atoms with E-state index in [-0.39, 0.29) is 4.90 Å². The van der Waals surface area contributed by atoms with Crippen molar-refractivity contribution in [1.29, 1.82) is 0 Å². The van der Waals surface area contributed by atoms with Crippen molar-refractivity contribution in [3.05, 3.63) is 77.9 Å². The Morgan fingerprint density at radius 2 is 1.54 bits per heavy atom. The first-order chi connectivity index (χ1) is 16.8. The zero-order valence-corrected chi connectivity index (χ0v) is 20.7. The van der Waals surface area contributed by atoms with Gasteiger partial charge in [0, 0.05) is 5.56 Å². The fourth-order valence-electron chi connectivity index (χ4n) is 3.27. The molecule has 0 radical (unpaired) electrons. The van der Waals surface area contributed by atoms with Crippen LogP contribution in [0.15, 0.2) is 76.7 Å². The molecular weight excluding hydrogens is 470 g/mol. The monoisotopic (exact) mass is 497 g/mol. The van der Waals surface area contributed by atoms with Gasteiger partial charge in [-0.2, -0.15) is 5.10 Å². The highest BCUT2D eigenvalue weighted by atomic mass is 32.2. The Balaban J connectivity index is 1.82. The molecule has 0 unspecified atom stereocenters. The number of methoxy groups -OCH3 is 3. The van der Waals surface area contributed by atoms with Crippen LogP contribution in [0.25, 0.3) is 0 Å². The van der Waals surface area contributed by atoms with Gasteiger partial charge in [-0.1, -0.05) is 35.9 Å². The number of nitrogens with zero attached hydrogens (tertiary/aromatic N) is 2. The number of nitrogens with one attached hydrogen (secondary N) is 1. The first kappa shape index (κ1) is 25.6.